The van der Waals surface area contributed by atoms with Crippen LogP contribution in [0.5, 0.6) is 0 Å². The van der Waals surface area contributed by atoms with Crippen molar-refractivity contribution in [3.63, 3.8) is 0 Å². The predicted octanol–water partition coefficient (Wildman–Crippen LogP) is 1.60. The molecule has 0 aliphatic heterocycles. The van der Waals surface area contributed by atoms with Gasteiger partial charge in [0.15, 0.2) is 0 Å². The number of ether oxygens (including phenoxy) is 1. The van der Waals surface area contributed by atoms with Crippen molar-refractivity contribution in [2.24, 2.45) is 0 Å². The van der Waals surface area contributed by atoms with E-state index in [1.165, 1.54) is 18.3 Å². The SMILES string of the molecule is C=CC(=O)OC(=O)c1cccnc1Cl. The van der Waals surface area contributed by atoms with Crippen LogP contribution in [-0.2, 0) is 9.53 Å². The van der Waals surface area contributed by atoms with Gasteiger partial charge in [-0.1, -0.05) is 18.2 Å². The lowest BCUT2D eigenvalue weighted by Crippen LogP contribution is -2.10. The maximum absolute atomic E-state index is 11.2. The Morgan fingerprint density at radius 2 is 2.29 bits per heavy atom. The number of hydrogen-bond acceptors (Lipinski definition) is 4. The number of hydrogen-bond donors (Lipinski definition) is 0. The van der Waals surface area contributed by atoms with Crippen LogP contribution in [0.2, 0.25) is 5.15 Å². The lowest BCUT2D eigenvalue weighted by Gasteiger charge is -2.00. The fraction of sp³-hybridized carbons (Fsp3) is 0. The molecule has 0 unspecified atom stereocenters. The van der Waals surface area contributed by atoms with Gasteiger partial charge < -0.3 is 4.74 Å². The quantitative estimate of drug-likeness (QED) is 0.323. The minimum atomic E-state index is -0.840. The average Bonchev–Trinajstić information content (AvgIpc) is 2.18. The van der Waals surface area contributed by atoms with E-state index < -0.39 is 11.9 Å². The molecule has 0 aromatic carbocycles. The first kappa shape index (κ1) is 10.4. The van der Waals surface area contributed by atoms with E-state index in [1.807, 2.05) is 0 Å². The van der Waals surface area contributed by atoms with Gasteiger partial charge in [-0.25, -0.2) is 14.6 Å². The molecule has 0 aliphatic carbocycles. The number of esters is 2. The Balaban J connectivity index is 2.85. The Bertz CT molecular complexity index is 389. The number of aromatic nitrogens is 1. The van der Waals surface area contributed by atoms with Gasteiger partial charge in [0.2, 0.25) is 0 Å². The first-order chi connectivity index (χ1) is 6.65. The molecule has 0 bridgehead atoms. The monoisotopic (exact) mass is 211 g/mol. The van der Waals surface area contributed by atoms with E-state index in [2.05, 4.69) is 16.3 Å². The molecule has 1 rings (SSSR count). The lowest BCUT2D eigenvalue weighted by molar-refractivity contribution is -0.132. The molecule has 0 spiro atoms. The Morgan fingerprint density at radius 3 is 2.86 bits per heavy atom. The largest absolute Gasteiger partial charge is 0.386 e. The van der Waals surface area contributed by atoms with Crippen LogP contribution < -0.4 is 0 Å². The summed E-state index contributed by atoms with van der Waals surface area (Å²) >= 11 is 5.60. The molecule has 0 atom stereocenters. The molecule has 72 valence electrons. The fourth-order valence-corrected chi connectivity index (χ4v) is 0.923. The number of pyridine rings is 1. The lowest BCUT2D eigenvalue weighted by atomic mass is 10.3. The molecule has 0 N–H and O–H groups in total. The van der Waals surface area contributed by atoms with Gasteiger partial charge in [0, 0.05) is 12.3 Å². The van der Waals surface area contributed by atoms with E-state index in [-0.39, 0.29) is 10.7 Å². The van der Waals surface area contributed by atoms with Crippen LogP contribution in [0.1, 0.15) is 10.4 Å². The van der Waals surface area contributed by atoms with E-state index in [0.29, 0.717) is 0 Å². The molecule has 1 aromatic rings. The number of carbonyl (C=O) groups is 2. The number of rotatable bonds is 2. The third kappa shape index (κ3) is 2.40. The summed E-state index contributed by atoms with van der Waals surface area (Å²) in [6.45, 7) is 3.15. The van der Waals surface area contributed by atoms with Crippen molar-refractivity contribution in [1.82, 2.24) is 4.98 Å². The third-order valence-electron chi connectivity index (χ3n) is 1.34. The van der Waals surface area contributed by atoms with Crippen LogP contribution in [0.15, 0.2) is 31.0 Å². The van der Waals surface area contributed by atoms with Gasteiger partial charge in [0.1, 0.15) is 5.15 Å². The molecule has 1 heterocycles. The molecule has 4 nitrogen and oxygen atoms in total. The molecule has 0 radical (unpaired) electrons. The Morgan fingerprint density at radius 1 is 1.57 bits per heavy atom. The van der Waals surface area contributed by atoms with Crippen molar-refractivity contribution < 1.29 is 14.3 Å². The topological polar surface area (TPSA) is 56.3 Å². The van der Waals surface area contributed by atoms with Gasteiger partial charge in [-0.15, -0.1) is 0 Å². The van der Waals surface area contributed by atoms with Crippen molar-refractivity contribution in [1.29, 1.82) is 0 Å². The summed E-state index contributed by atoms with van der Waals surface area (Å²) in [5.74, 6) is -1.66. The normalized spacial score (nSPS) is 9.21. The summed E-state index contributed by atoms with van der Waals surface area (Å²) in [4.78, 5) is 25.6. The fourth-order valence-electron chi connectivity index (χ4n) is 0.726. The Hall–Kier alpha value is -1.68. The van der Waals surface area contributed by atoms with E-state index in [9.17, 15) is 9.59 Å². The molecular formula is C9H6ClNO3. The molecule has 0 saturated carbocycles. The molecule has 0 amide bonds. The summed E-state index contributed by atoms with van der Waals surface area (Å²) in [6, 6.07) is 2.93. The molecule has 0 fully saturated rings. The molecule has 5 heteroatoms. The third-order valence-corrected chi connectivity index (χ3v) is 1.64. The maximum Gasteiger partial charge on any atom is 0.349 e. The van der Waals surface area contributed by atoms with Crippen molar-refractivity contribution in [2.45, 2.75) is 0 Å². The summed E-state index contributed by atoms with van der Waals surface area (Å²) in [5, 5.41) is -0.00522. The van der Waals surface area contributed by atoms with Crippen LogP contribution in [-0.4, -0.2) is 16.9 Å². The van der Waals surface area contributed by atoms with Crippen LogP contribution >= 0.6 is 11.6 Å². The molecule has 1 aromatic heterocycles. The van der Waals surface area contributed by atoms with Gasteiger partial charge in [0.05, 0.1) is 5.56 Å². The van der Waals surface area contributed by atoms with Crippen LogP contribution in [0.3, 0.4) is 0 Å². The first-order valence-electron chi connectivity index (χ1n) is 3.64. The Kier molecular flexibility index (Phi) is 3.36. The number of nitrogens with zero attached hydrogens (tertiary/aromatic N) is 1. The van der Waals surface area contributed by atoms with Crippen molar-refractivity contribution in [3.05, 3.63) is 41.7 Å². The van der Waals surface area contributed by atoms with E-state index in [1.54, 1.807) is 0 Å². The second kappa shape index (κ2) is 4.53. The number of halogens is 1. The van der Waals surface area contributed by atoms with Gasteiger partial charge in [-0.3, -0.25) is 0 Å². The minimum absolute atomic E-state index is 0.00522. The van der Waals surface area contributed by atoms with E-state index >= 15 is 0 Å². The zero-order valence-electron chi connectivity index (χ0n) is 7.07. The van der Waals surface area contributed by atoms with Gasteiger partial charge in [0.25, 0.3) is 0 Å². The van der Waals surface area contributed by atoms with Crippen LogP contribution in [0, 0.1) is 0 Å². The average molecular weight is 212 g/mol. The highest BCUT2D eigenvalue weighted by molar-refractivity contribution is 6.32. The standard InChI is InChI=1S/C9H6ClNO3/c1-2-7(12)14-9(13)6-4-3-5-11-8(6)10/h2-5H,1H2. The van der Waals surface area contributed by atoms with Crippen molar-refractivity contribution in [2.75, 3.05) is 0 Å². The highest BCUT2D eigenvalue weighted by atomic mass is 35.5. The summed E-state index contributed by atoms with van der Waals surface area (Å²) < 4.78 is 4.35. The van der Waals surface area contributed by atoms with Crippen LogP contribution in [0.25, 0.3) is 0 Å². The van der Waals surface area contributed by atoms with Gasteiger partial charge >= 0.3 is 11.9 Å². The van der Waals surface area contributed by atoms with E-state index in [4.69, 9.17) is 11.6 Å². The summed E-state index contributed by atoms with van der Waals surface area (Å²) in [5.41, 5.74) is 0.0457. The summed E-state index contributed by atoms with van der Waals surface area (Å²) in [7, 11) is 0. The molecule has 0 saturated heterocycles. The second-order valence-electron chi connectivity index (χ2n) is 2.25. The number of carbonyl (C=O) groups excluding carboxylic acids is 2. The minimum Gasteiger partial charge on any atom is -0.386 e. The smallest absolute Gasteiger partial charge is 0.349 e. The van der Waals surface area contributed by atoms with Gasteiger partial charge in [-0.2, -0.15) is 0 Å². The maximum atomic E-state index is 11.2. The zero-order valence-corrected chi connectivity index (χ0v) is 7.82. The molecule has 14 heavy (non-hydrogen) atoms. The zero-order chi connectivity index (χ0) is 10.6. The molecule has 0 aliphatic rings. The highest BCUT2D eigenvalue weighted by Gasteiger charge is 2.14. The van der Waals surface area contributed by atoms with Crippen LogP contribution in [0.4, 0.5) is 0 Å². The van der Waals surface area contributed by atoms with Crippen molar-refractivity contribution >= 4 is 23.5 Å². The predicted molar refractivity (Wildman–Crippen MR) is 49.9 cm³/mol. The Labute approximate surface area is 85.2 Å². The highest BCUT2D eigenvalue weighted by Crippen LogP contribution is 2.12. The first-order valence-corrected chi connectivity index (χ1v) is 4.02. The van der Waals surface area contributed by atoms with Gasteiger partial charge in [-0.05, 0) is 12.1 Å². The molecular weight excluding hydrogens is 206 g/mol. The second-order valence-corrected chi connectivity index (χ2v) is 2.61. The summed E-state index contributed by atoms with van der Waals surface area (Å²) in [6.07, 6.45) is 2.32. The van der Waals surface area contributed by atoms with Crippen molar-refractivity contribution in [3.8, 4) is 0 Å². The van der Waals surface area contributed by atoms with E-state index in [0.717, 1.165) is 6.08 Å².